The first-order chi connectivity index (χ1) is 9.28. The maximum atomic E-state index is 6.04. The smallest absolute Gasteiger partial charge is 0.149 e. The third-order valence-electron chi connectivity index (χ3n) is 3.54. The molecule has 3 rings (SSSR count). The molecule has 0 bridgehead atoms. The standard InChI is InChI=1S/C16H18N2O/c1-11-5-6-14-12(8-11)9-13(10-17-2)16-15(19-14)4-3-7-18-16/h3-8,13,17H,9-10H2,1-2H3/t13-/m0/s1. The molecule has 0 amide bonds. The van der Waals surface area contributed by atoms with Crippen molar-refractivity contribution in [3.63, 3.8) is 0 Å². The molecule has 0 saturated heterocycles. The van der Waals surface area contributed by atoms with Gasteiger partial charge in [-0.1, -0.05) is 17.7 Å². The summed E-state index contributed by atoms with van der Waals surface area (Å²) in [6, 6.07) is 10.3. The molecule has 98 valence electrons. The molecule has 0 unspecified atom stereocenters. The highest BCUT2D eigenvalue weighted by Gasteiger charge is 2.24. The van der Waals surface area contributed by atoms with Crippen LogP contribution in [0.25, 0.3) is 0 Å². The van der Waals surface area contributed by atoms with E-state index in [2.05, 4.69) is 35.4 Å². The normalized spacial score (nSPS) is 17.1. The quantitative estimate of drug-likeness (QED) is 0.894. The Balaban J connectivity index is 2.09. The van der Waals surface area contributed by atoms with Crippen LogP contribution in [-0.2, 0) is 6.42 Å². The molecular formula is C16H18N2O. The predicted molar refractivity (Wildman–Crippen MR) is 75.9 cm³/mol. The number of benzene rings is 1. The van der Waals surface area contributed by atoms with E-state index in [4.69, 9.17) is 4.74 Å². The van der Waals surface area contributed by atoms with Gasteiger partial charge in [-0.05, 0) is 44.2 Å². The second kappa shape index (κ2) is 5.02. The van der Waals surface area contributed by atoms with Crippen molar-refractivity contribution in [3.05, 3.63) is 53.3 Å². The minimum Gasteiger partial charge on any atom is -0.455 e. The molecule has 1 N–H and O–H groups in total. The Morgan fingerprint density at radius 2 is 2.21 bits per heavy atom. The van der Waals surface area contributed by atoms with Crippen molar-refractivity contribution in [2.24, 2.45) is 0 Å². The number of hydrogen-bond acceptors (Lipinski definition) is 3. The average molecular weight is 254 g/mol. The van der Waals surface area contributed by atoms with E-state index < -0.39 is 0 Å². The van der Waals surface area contributed by atoms with Crippen LogP contribution >= 0.6 is 0 Å². The molecule has 19 heavy (non-hydrogen) atoms. The monoisotopic (exact) mass is 254 g/mol. The van der Waals surface area contributed by atoms with E-state index in [1.807, 2.05) is 25.4 Å². The fourth-order valence-corrected chi connectivity index (χ4v) is 2.66. The third-order valence-corrected chi connectivity index (χ3v) is 3.54. The molecule has 1 aliphatic heterocycles. The SMILES string of the molecule is CNC[C@@H]1Cc2cc(C)ccc2Oc2cccnc21. The van der Waals surface area contributed by atoms with Gasteiger partial charge < -0.3 is 10.1 Å². The van der Waals surface area contributed by atoms with Gasteiger partial charge in [-0.25, -0.2) is 0 Å². The maximum Gasteiger partial charge on any atom is 0.149 e. The molecule has 1 aromatic heterocycles. The number of ether oxygens (including phenoxy) is 1. The number of nitrogens with zero attached hydrogens (tertiary/aromatic N) is 1. The van der Waals surface area contributed by atoms with Gasteiger partial charge in [-0.15, -0.1) is 0 Å². The zero-order valence-electron chi connectivity index (χ0n) is 11.3. The van der Waals surface area contributed by atoms with Crippen LogP contribution in [0.2, 0.25) is 0 Å². The van der Waals surface area contributed by atoms with Crippen LogP contribution in [0.3, 0.4) is 0 Å². The topological polar surface area (TPSA) is 34.1 Å². The minimum absolute atomic E-state index is 0.351. The van der Waals surface area contributed by atoms with Crippen LogP contribution in [0.15, 0.2) is 36.5 Å². The van der Waals surface area contributed by atoms with Gasteiger partial charge in [0.2, 0.25) is 0 Å². The van der Waals surface area contributed by atoms with E-state index in [0.29, 0.717) is 5.92 Å². The summed E-state index contributed by atoms with van der Waals surface area (Å²) < 4.78 is 6.04. The van der Waals surface area contributed by atoms with Gasteiger partial charge in [-0.3, -0.25) is 4.98 Å². The van der Waals surface area contributed by atoms with Crippen molar-refractivity contribution in [1.82, 2.24) is 10.3 Å². The molecule has 0 radical (unpaired) electrons. The van der Waals surface area contributed by atoms with E-state index in [1.165, 1.54) is 11.1 Å². The molecule has 1 atom stereocenters. The molecule has 0 aliphatic carbocycles. The highest BCUT2D eigenvalue weighted by Crippen LogP contribution is 2.38. The largest absolute Gasteiger partial charge is 0.455 e. The number of nitrogens with one attached hydrogen (secondary N) is 1. The summed E-state index contributed by atoms with van der Waals surface area (Å²) in [6.07, 6.45) is 2.80. The van der Waals surface area contributed by atoms with Gasteiger partial charge in [-0.2, -0.15) is 0 Å². The molecule has 2 heterocycles. The molecule has 1 aromatic carbocycles. The van der Waals surface area contributed by atoms with Crippen molar-refractivity contribution < 1.29 is 4.74 Å². The second-order valence-electron chi connectivity index (χ2n) is 5.06. The summed E-state index contributed by atoms with van der Waals surface area (Å²) in [5, 5.41) is 3.26. The van der Waals surface area contributed by atoms with Crippen molar-refractivity contribution in [2.45, 2.75) is 19.3 Å². The summed E-state index contributed by atoms with van der Waals surface area (Å²) in [7, 11) is 1.98. The number of aromatic nitrogens is 1. The summed E-state index contributed by atoms with van der Waals surface area (Å²) in [5.74, 6) is 2.19. The first-order valence-electron chi connectivity index (χ1n) is 6.65. The Bertz CT molecular complexity index is 595. The number of pyridine rings is 1. The van der Waals surface area contributed by atoms with Gasteiger partial charge in [0.05, 0.1) is 5.69 Å². The van der Waals surface area contributed by atoms with Crippen molar-refractivity contribution >= 4 is 0 Å². The van der Waals surface area contributed by atoms with Crippen LogP contribution in [-0.4, -0.2) is 18.6 Å². The fraction of sp³-hybridized carbons (Fsp3) is 0.312. The maximum absolute atomic E-state index is 6.04. The molecule has 3 nitrogen and oxygen atoms in total. The second-order valence-corrected chi connectivity index (χ2v) is 5.06. The number of rotatable bonds is 2. The Morgan fingerprint density at radius 1 is 1.32 bits per heavy atom. The summed E-state index contributed by atoms with van der Waals surface area (Å²) in [5.41, 5.74) is 3.58. The molecule has 3 heteroatoms. The summed E-state index contributed by atoms with van der Waals surface area (Å²) in [6.45, 7) is 3.02. The molecule has 0 spiro atoms. The summed E-state index contributed by atoms with van der Waals surface area (Å²) >= 11 is 0. The molecular weight excluding hydrogens is 236 g/mol. The van der Waals surface area contributed by atoms with Crippen LogP contribution in [0.4, 0.5) is 0 Å². The van der Waals surface area contributed by atoms with Gasteiger partial charge in [0, 0.05) is 18.7 Å². The lowest BCUT2D eigenvalue weighted by Gasteiger charge is -2.14. The van der Waals surface area contributed by atoms with Crippen LogP contribution in [0, 0.1) is 6.92 Å². The van der Waals surface area contributed by atoms with Crippen molar-refractivity contribution in [2.75, 3.05) is 13.6 Å². The number of aryl methyl sites for hydroxylation is 1. The van der Waals surface area contributed by atoms with E-state index in [9.17, 15) is 0 Å². The van der Waals surface area contributed by atoms with Crippen LogP contribution in [0.5, 0.6) is 11.5 Å². The predicted octanol–water partition coefficient (Wildman–Crippen LogP) is 3.04. The highest BCUT2D eigenvalue weighted by molar-refractivity contribution is 5.46. The van der Waals surface area contributed by atoms with E-state index in [-0.39, 0.29) is 0 Å². The Hall–Kier alpha value is -1.87. The van der Waals surface area contributed by atoms with E-state index >= 15 is 0 Å². The van der Waals surface area contributed by atoms with Crippen LogP contribution < -0.4 is 10.1 Å². The first kappa shape index (κ1) is 12.2. The zero-order valence-corrected chi connectivity index (χ0v) is 11.3. The van der Waals surface area contributed by atoms with Crippen LogP contribution in [0.1, 0.15) is 22.7 Å². The minimum atomic E-state index is 0.351. The number of hydrogen-bond donors (Lipinski definition) is 1. The van der Waals surface area contributed by atoms with Crippen molar-refractivity contribution in [3.8, 4) is 11.5 Å². The molecule has 0 fully saturated rings. The van der Waals surface area contributed by atoms with Gasteiger partial charge in [0.25, 0.3) is 0 Å². The van der Waals surface area contributed by atoms with Gasteiger partial charge in [0.1, 0.15) is 11.5 Å². The molecule has 1 aliphatic rings. The fourth-order valence-electron chi connectivity index (χ4n) is 2.66. The average Bonchev–Trinajstić information content (AvgIpc) is 2.56. The van der Waals surface area contributed by atoms with E-state index in [0.717, 1.165) is 30.2 Å². The number of fused-ring (bicyclic) bond motifs is 2. The molecule has 2 aromatic rings. The van der Waals surface area contributed by atoms with Crippen molar-refractivity contribution in [1.29, 1.82) is 0 Å². The Morgan fingerprint density at radius 3 is 3.05 bits per heavy atom. The number of likely N-dealkylation sites (N-methyl/N-ethyl adjacent to an activating group) is 1. The lowest BCUT2D eigenvalue weighted by atomic mass is 9.95. The Kier molecular flexibility index (Phi) is 3.22. The summed E-state index contributed by atoms with van der Waals surface area (Å²) in [4.78, 5) is 4.52. The van der Waals surface area contributed by atoms with E-state index in [1.54, 1.807) is 0 Å². The first-order valence-corrected chi connectivity index (χ1v) is 6.65. The zero-order chi connectivity index (χ0) is 13.2. The third kappa shape index (κ3) is 2.34. The highest BCUT2D eigenvalue weighted by atomic mass is 16.5. The lowest BCUT2D eigenvalue weighted by molar-refractivity contribution is 0.473. The molecule has 0 saturated carbocycles. The van der Waals surface area contributed by atoms with Gasteiger partial charge in [0.15, 0.2) is 0 Å². The Labute approximate surface area is 113 Å². The van der Waals surface area contributed by atoms with Gasteiger partial charge >= 0.3 is 0 Å². The lowest BCUT2D eigenvalue weighted by Crippen LogP contribution is -2.19.